The highest BCUT2D eigenvalue weighted by Gasteiger charge is 2.20. The van der Waals surface area contributed by atoms with Crippen LogP contribution in [0.25, 0.3) is 0 Å². The quantitative estimate of drug-likeness (QED) is 0.724. The molecule has 1 N–H and O–H groups in total. The molecule has 0 aliphatic carbocycles. The first-order valence-corrected chi connectivity index (χ1v) is 5.73. The summed E-state index contributed by atoms with van der Waals surface area (Å²) in [6.07, 6.45) is 5.33. The number of nitrogens with one attached hydrogen (secondary N) is 1. The molecule has 1 fully saturated rings. The molecule has 1 atom stereocenters. The van der Waals surface area contributed by atoms with Gasteiger partial charge in [0.05, 0.1) is 0 Å². The summed E-state index contributed by atoms with van der Waals surface area (Å²) < 4.78 is 0. The zero-order chi connectivity index (χ0) is 10.4. The minimum absolute atomic E-state index is 0.340. The van der Waals surface area contributed by atoms with Gasteiger partial charge >= 0.3 is 0 Å². The molecular weight excluding hydrogens is 176 g/mol. The Hall–Kier alpha value is -0.570. The summed E-state index contributed by atoms with van der Waals surface area (Å²) in [6, 6.07) is 0.474. The van der Waals surface area contributed by atoms with Crippen LogP contribution in [0.2, 0.25) is 0 Å². The fraction of sp³-hybridized carbons (Fsp3) is 0.909. The number of rotatable bonds is 5. The summed E-state index contributed by atoms with van der Waals surface area (Å²) in [4.78, 5) is 13.6. The monoisotopic (exact) mass is 198 g/mol. The first-order chi connectivity index (χ1) is 6.77. The van der Waals surface area contributed by atoms with Gasteiger partial charge in [0.1, 0.15) is 0 Å². The van der Waals surface area contributed by atoms with Crippen molar-refractivity contribution >= 4 is 5.91 Å². The number of hydrogen-bond acceptors (Lipinski definition) is 2. The predicted octanol–water partition coefficient (Wildman–Crippen LogP) is 1.39. The maximum Gasteiger partial charge on any atom is 0.222 e. The minimum Gasteiger partial charge on any atom is -0.341 e. The molecule has 1 amide bonds. The van der Waals surface area contributed by atoms with Crippen LogP contribution in [0.1, 0.15) is 39.0 Å². The van der Waals surface area contributed by atoms with E-state index in [4.69, 9.17) is 0 Å². The van der Waals surface area contributed by atoms with Gasteiger partial charge in [-0.3, -0.25) is 4.79 Å². The van der Waals surface area contributed by atoms with Gasteiger partial charge in [-0.1, -0.05) is 13.3 Å². The molecule has 0 spiro atoms. The van der Waals surface area contributed by atoms with Crippen molar-refractivity contribution in [2.45, 2.75) is 45.1 Å². The summed E-state index contributed by atoms with van der Waals surface area (Å²) >= 11 is 0. The number of hydrogen-bond donors (Lipinski definition) is 1. The van der Waals surface area contributed by atoms with Gasteiger partial charge in [-0.05, 0) is 26.3 Å². The van der Waals surface area contributed by atoms with E-state index in [2.05, 4.69) is 12.2 Å². The fourth-order valence-electron chi connectivity index (χ4n) is 2.00. The van der Waals surface area contributed by atoms with Crippen LogP contribution in [0.15, 0.2) is 0 Å². The molecule has 0 saturated carbocycles. The second-order valence-electron chi connectivity index (χ2n) is 4.07. The van der Waals surface area contributed by atoms with E-state index in [1.807, 2.05) is 11.9 Å². The highest BCUT2D eigenvalue weighted by Crippen LogP contribution is 2.11. The van der Waals surface area contributed by atoms with Gasteiger partial charge in [0, 0.05) is 25.6 Å². The Morgan fingerprint density at radius 2 is 2.29 bits per heavy atom. The summed E-state index contributed by atoms with van der Waals surface area (Å²) in [5, 5.41) is 3.28. The van der Waals surface area contributed by atoms with Gasteiger partial charge < -0.3 is 10.2 Å². The normalized spacial score (nSPS) is 19.9. The first-order valence-electron chi connectivity index (χ1n) is 5.73. The third kappa shape index (κ3) is 3.29. The van der Waals surface area contributed by atoms with Crippen LogP contribution < -0.4 is 5.32 Å². The van der Waals surface area contributed by atoms with E-state index in [0.717, 1.165) is 32.4 Å². The van der Waals surface area contributed by atoms with E-state index < -0.39 is 0 Å². The molecule has 0 bridgehead atoms. The lowest BCUT2D eigenvalue weighted by atomic mass is 10.1. The Kier molecular flexibility index (Phi) is 4.94. The van der Waals surface area contributed by atoms with E-state index in [9.17, 15) is 4.79 Å². The Balaban J connectivity index is 2.35. The van der Waals surface area contributed by atoms with Gasteiger partial charge in [0.15, 0.2) is 0 Å². The van der Waals surface area contributed by atoms with Crippen molar-refractivity contribution in [3.05, 3.63) is 0 Å². The van der Waals surface area contributed by atoms with Crippen molar-refractivity contribution in [2.24, 2.45) is 0 Å². The van der Waals surface area contributed by atoms with Crippen molar-refractivity contribution in [1.82, 2.24) is 10.2 Å². The Bertz CT molecular complexity index is 182. The molecule has 0 aromatic carbocycles. The summed E-state index contributed by atoms with van der Waals surface area (Å²) in [6.45, 7) is 4.03. The zero-order valence-electron chi connectivity index (χ0n) is 9.38. The molecular formula is C11H22N2O. The Morgan fingerprint density at radius 3 is 2.86 bits per heavy atom. The summed E-state index contributed by atoms with van der Waals surface area (Å²) in [5.41, 5.74) is 0. The van der Waals surface area contributed by atoms with Crippen LogP contribution in [-0.4, -0.2) is 37.0 Å². The second-order valence-corrected chi connectivity index (χ2v) is 4.07. The molecule has 1 saturated heterocycles. The molecule has 0 aromatic rings. The molecule has 0 aromatic heterocycles. The topological polar surface area (TPSA) is 32.3 Å². The van der Waals surface area contributed by atoms with Crippen LogP contribution in [0.3, 0.4) is 0 Å². The number of likely N-dealkylation sites (N-methyl/N-ethyl adjacent to an activating group) is 1. The number of likely N-dealkylation sites (tertiary alicyclic amines) is 1. The number of amides is 1. The molecule has 1 rings (SSSR count). The van der Waals surface area contributed by atoms with Gasteiger partial charge in [-0.15, -0.1) is 0 Å². The van der Waals surface area contributed by atoms with E-state index in [0.29, 0.717) is 11.9 Å². The number of carbonyl (C=O) groups is 1. The molecule has 1 unspecified atom stereocenters. The molecule has 1 heterocycles. The highest BCUT2D eigenvalue weighted by atomic mass is 16.2. The smallest absolute Gasteiger partial charge is 0.222 e. The largest absolute Gasteiger partial charge is 0.341 e. The minimum atomic E-state index is 0.340. The van der Waals surface area contributed by atoms with E-state index in [1.54, 1.807) is 0 Å². The standard InChI is InChI=1S/C11H22N2O/c1-3-6-10(12-2)9-13-8-5-4-7-11(13)14/h10,12H,3-9H2,1-2H3. The summed E-state index contributed by atoms with van der Waals surface area (Å²) in [7, 11) is 1.98. The average Bonchev–Trinajstić information content (AvgIpc) is 2.20. The van der Waals surface area contributed by atoms with Crippen molar-refractivity contribution in [2.75, 3.05) is 20.1 Å². The summed E-state index contributed by atoms with van der Waals surface area (Å²) in [5.74, 6) is 0.340. The molecule has 1 aliphatic rings. The lowest BCUT2D eigenvalue weighted by molar-refractivity contribution is -0.133. The number of piperidine rings is 1. The molecule has 14 heavy (non-hydrogen) atoms. The maximum absolute atomic E-state index is 11.5. The Morgan fingerprint density at radius 1 is 1.50 bits per heavy atom. The molecule has 1 aliphatic heterocycles. The molecule has 82 valence electrons. The molecule has 3 nitrogen and oxygen atoms in total. The molecule has 0 radical (unpaired) electrons. The van der Waals surface area contributed by atoms with Crippen molar-refractivity contribution < 1.29 is 4.79 Å². The van der Waals surface area contributed by atoms with Crippen LogP contribution in [0.5, 0.6) is 0 Å². The van der Waals surface area contributed by atoms with E-state index in [1.165, 1.54) is 12.8 Å². The van der Waals surface area contributed by atoms with E-state index >= 15 is 0 Å². The number of nitrogens with zero attached hydrogens (tertiary/aromatic N) is 1. The average molecular weight is 198 g/mol. The lowest BCUT2D eigenvalue weighted by Gasteiger charge is -2.30. The highest BCUT2D eigenvalue weighted by molar-refractivity contribution is 5.76. The number of carbonyl (C=O) groups excluding carboxylic acids is 1. The maximum atomic E-state index is 11.5. The van der Waals surface area contributed by atoms with Crippen molar-refractivity contribution in [3.8, 4) is 0 Å². The Labute approximate surface area is 86.9 Å². The third-order valence-corrected chi connectivity index (χ3v) is 2.91. The van der Waals surface area contributed by atoms with Crippen LogP contribution in [-0.2, 0) is 4.79 Å². The van der Waals surface area contributed by atoms with Gasteiger partial charge in [-0.25, -0.2) is 0 Å². The van der Waals surface area contributed by atoms with Gasteiger partial charge in [0.25, 0.3) is 0 Å². The van der Waals surface area contributed by atoms with Crippen LogP contribution in [0, 0.1) is 0 Å². The SMILES string of the molecule is CCCC(CN1CCCCC1=O)NC. The zero-order valence-corrected chi connectivity index (χ0v) is 9.38. The van der Waals surface area contributed by atoms with Gasteiger partial charge in [-0.2, -0.15) is 0 Å². The van der Waals surface area contributed by atoms with Crippen molar-refractivity contribution in [3.63, 3.8) is 0 Å². The third-order valence-electron chi connectivity index (χ3n) is 2.91. The van der Waals surface area contributed by atoms with Crippen LogP contribution in [0.4, 0.5) is 0 Å². The lowest BCUT2D eigenvalue weighted by Crippen LogP contribution is -2.44. The van der Waals surface area contributed by atoms with Crippen molar-refractivity contribution in [1.29, 1.82) is 0 Å². The van der Waals surface area contributed by atoms with Crippen LogP contribution >= 0.6 is 0 Å². The predicted molar refractivity (Wildman–Crippen MR) is 58.2 cm³/mol. The first kappa shape index (κ1) is 11.5. The molecule has 3 heteroatoms. The van der Waals surface area contributed by atoms with E-state index in [-0.39, 0.29) is 0 Å². The fourth-order valence-corrected chi connectivity index (χ4v) is 2.00. The second kappa shape index (κ2) is 6.02. The van der Waals surface area contributed by atoms with Gasteiger partial charge in [0.2, 0.25) is 5.91 Å².